The number of nitrogens with one attached hydrogen (secondary N) is 1. The molecule has 144 valence electrons. The molecule has 1 N–H and O–H groups in total. The molecule has 2 fully saturated rings. The molecule has 1 aromatic heterocycles. The normalized spacial score (nSPS) is 22.9. The van der Waals surface area contributed by atoms with E-state index in [1.807, 2.05) is 4.90 Å². The molecule has 0 saturated carbocycles. The number of furan rings is 1. The van der Waals surface area contributed by atoms with Gasteiger partial charge in [0.2, 0.25) is 0 Å². The molecule has 2 atom stereocenters. The molecule has 2 aromatic rings. The number of hydrogen-bond donors (Lipinski definition) is 1. The zero-order valence-corrected chi connectivity index (χ0v) is 16.0. The summed E-state index contributed by atoms with van der Waals surface area (Å²) in [6, 6.07) is 14.0. The molecule has 2 aliphatic rings. The van der Waals surface area contributed by atoms with Gasteiger partial charge in [0.1, 0.15) is 6.26 Å². The minimum absolute atomic E-state index is 0.0888. The third kappa shape index (κ3) is 4.25. The van der Waals surface area contributed by atoms with Crippen molar-refractivity contribution in [2.45, 2.75) is 44.3 Å². The molecule has 2 saturated heterocycles. The second kappa shape index (κ2) is 8.28. The van der Waals surface area contributed by atoms with Crippen LogP contribution in [0.3, 0.4) is 0 Å². The van der Waals surface area contributed by atoms with E-state index >= 15 is 0 Å². The van der Waals surface area contributed by atoms with Gasteiger partial charge in [-0.3, -0.25) is 9.69 Å². The van der Waals surface area contributed by atoms with Crippen LogP contribution >= 0.6 is 0 Å². The van der Waals surface area contributed by atoms with Gasteiger partial charge in [0.15, 0.2) is 0 Å². The predicted molar refractivity (Wildman–Crippen MR) is 106 cm³/mol. The van der Waals surface area contributed by atoms with Crippen LogP contribution in [-0.4, -0.2) is 54.0 Å². The van der Waals surface area contributed by atoms with Gasteiger partial charge >= 0.3 is 0 Å². The highest BCUT2D eigenvalue weighted by molar-refractivity contribution is 5.93. The summed E-state index contributed by atoms with van der Waals surface area (Å²) >= 11 is 0. The average Bonchev–Trinajstić information content (AvgIpc) is 3.40. The van der Waals surface area contributed by atoms with Gasteiger partial charge < -0.3 is 14.6 Å². The minimum atomic E-state index is 0.0888. The molecule has 2 unspecified atom stereocenters. The lowest BCUT2D eigenvalue weighted by molar-refractivity contribution is 0.0701. The largest absolute Gasteiger partial charge is 0.472 e. The zero-order valence-electron chi connectivity index (χ0n) is 16.0. The van der Waals surface area contributed by atoms with Crippen LogP contribution in [0.4, 0.5) is 0 Å². The number of likely N-dealkylation sites (tertiary alicyclic amines) is 2. The van der Waals surface area contributed by atoms with Crippen LogP contribution in [0, 0.1) is 0 Å². The first-order chi connectivity index (χ1) is 13.2. The molecule has 5 nitrogen and oxygen atoms in total. The minimum Gasteiger partial charge on any atom is -0.472 e. The van der Waals surface area contributed by atoms with Gasteiger partial charge in [0.25, 0.3) is 5.91 Å². The van der Waals surface area contributed by atoms with Crippen LogP contribution in [-0.2, 0) is 0 Å². The highest BCUT2D eigenvalue weighted by Gasteiger charge is 2.30. The van der Waals surface area contributed by atoms with E-state index in [2.05, 4.69) is 47.5 Å². The Labute approximate surface area is 161 Å². The predicted octanol–water partition coefficient (Wildman–Crippen LogP) is 3.31. The van der Waals surface area contributed by atoms with Gasteiger partial charge in [0.05, 0.1) is 11.8 Å². The lowest BCUT2D eigenvalue weighted by Gasteiger charge is -2.34. The monoisotopic (exact) mass is 367 g/mol. The molecule has 0 bridgehead atoms. The van der Waals surface area contributed by atoms with Crippen LogP contribution in [0.25, 0.3) is 0 Å². The Bertz CT molecular complexity index is 723. The van der Waals surface area contributed by atoms with Gasteiger partial charge in [-0.1, -0.05) is 30.3 Å². The molecule has 2 aliphatic heterocycles. The van der Waals surface area contributed by atoms with Crippen LogP contribution in [0.1, 0.15) is 48.1 Å². The van der Waals surface area contributed by atoms with Crippen LogP contribution < -0.4 is 5.32 Å². The van der Waals surface area contributed by atoms with Crippen molar-refractivity contribution >= 4 is 5.91 Å². The summed E-state index contributed by atoms with van der Waals surface area (Å²) in [5.74, 6) is 0.0888. The maximum Gasteiger partial charge on any atom is 0.257 e. The second-order valence-electron chi connectivity index (χ2n) is 7.81. The van der Waals surface area contributed by atoms with Gasteiger partial charge in [-0.2, -0.15) is 0 Å². The van der Waals surface area contributed by atoms with Gasteiger partial charge in [-0.15, -0.1) is 0 Å². The number of benzene rings is 1. The molecule has 0 aliphatic carbocycles. The summed E-state index contributed by atoms with van der Waals surface area (Å²) < 4.78 is 5.03. The van der Waals surface area contributed by atoms with Gasteiger partial charge in [-0.25, -0.2) is 0 Å². The molecule has 0 radical (unpaired) electrons. The zero-order chi connectivity index (χ0) is 18.6. The smallest absolute Gasteiger partial charge is 0.257 e. The van der Waals surface area contributed by atoms with E-state index in [0.717, 1.165) is 39.0 Å². The molecular weight excluding hydrogens is 338 g/mol. The van der Waals surface area contributed by atoms with E-state index in [9.17, 15) is 4.79 Å². The first-order valence-corrected chi connectivity index (χ1v) is 10.1. The van der Waals surface area contributed by atoms with E-state index in [1.165, 1.54) is 18.2 Å². The van der Waals surface area contributed by atoms with Crippen LogP contribution in [0.15, 0.2) is 53.3 Å². The van der Waals surface area contributed by atoms with E-state index < -0.39 is 0 Å². The molecule has 27 heavy (non-hydrogen) atoms. The fraction of sp³-hybridized carbons (Fsp3) is 0.500. The number of carbonyl (C=O) groups is 1. The maximum absolute atomic E-state index is 12.4. The highest BCUT2D eigenvalue weighted by Crippen LogP contribution is 2.25. The Balaban J connectivity index is 1.24. The van der Waals surface area contributed by atoms with E-state index in [4.69, 9.17) is 4.42 Å². The van der Waals surface area contributed by atoms with Crippen molar-refractivity contribution in [3.8, 4) is 0 Å². The van der Waals surface area contributed by atoms with E-state index in [1.54, 1.807) is 12.3 Å². The Morgan fingerprint density at radius 3 is 2.52 bits per heavy atom. The lowest BCUT2D eigenvalue weighted by atomic mass is 10.0. The third-order valence-electron chi connectivity index (χ3n) is 6.07. The average molecular weight is 367 g/mol. The number of amides is 1. The highest BCUT2D eigenvalue weighted by atomic mass is 16.3. The molecule has 1 aromatic carbocycles. The number of carbonyl (C=O) groups excluding carboxylic acids is 1. The van der Waals surface area contributed by atoms with Crippen molar-refractivity contribution in [3.05, 3.63) is 60.1 Å². The quantitative estimate of drug-likeness (QED) is 0.881. The van der Waals surface area contributed by atoms with Crippen molar-refractivity contribution in [3.63, 3.8) is 0 Å². The number of rotatable bonds is 5. The molecule has 4 rings (SSSR count). The van der Waals surface area contributed by atoms with Gasteiger partial charge in [-0.05, 0) is 37.8 Å². The van der Waals surface area contributed by atoms with Crippen molar-refractivity contribution in [2.75, 3.05) is 26.2 Å². The van der Waals surface area contributed by atoms with E-state index in [-0.39, 0.29) is 5.91 Å². The molecule has 5 heteroatoms. The van der Waals surface area contributed by atoms with E-state index in [0.29, 0.717) is 23.7 Å². The maximum atomic E-state index is 12.4. The van der Waals surface area contributed by atoms with Crippen LogP contribution in [0.2, 0.25) is 0 Å². The SMILES string of the molecule is CC(c1ccccc1)N1CCC(NC2CCN(C(=O)c3ccoc3)CC2)C1. The summed E-state index contributed by atoms with van der Waals surface area (Å²) in [4.78, 5) is 16.9. The van der Waals surface area contributed by atoms with Crippen LogP contribution in [0.5, 0.6) is 0 Å². The fourth-order valence-electron chi connectivity index (χ4n) is 4.37. The van der Waals surface area contributed by atoms with Crippen molar-refractivity contribution in [2.24, 2.45) is 0 Å². The molecule has 3 heterocycles. The fourth-order valence-corrected chi connectivity index (χ4v) is 4.37. The Kier molecular flexibility index (Phi) is 5.60. The first kappa shape index (κ1) is 18.3. The Hall–Kier alpha value is -2.11. The lowest BCUT2D eigenvalue weighted by Crippen LogP contribution is -2.48. The Morgan fingerprint density at radius 2 is 1.81 bits per heavy atom. The van der Waals surface area contributed by atoms with Crippen molar-refractivity contribution < 1.29 is 9.21 Å². The van der Waals surface area contributed by atoms with Gasteiger partial charge in [0, 0.05) is 44.3 Å². The standard InChI is InChI=1S/C22H29N3O2/c1-17(18-5-3-2-4-6-18)25-13-9-21(15-25)23-20-7-11-24(12-8-20)22(26)19-10-14-27-16-19/h2-6,10,14,16-17,20-21,23H,7-9,11-13,15H2,1H3. The molecule has 1 amide bonds. The van der Waals surface area contributed by atoms with Crippen molar-refractivity contribution in [1.82, 2.24) is 15.1 Å². The third-order valence-corrected chi connectivity index (χ3v) is 6.07. The number of hydrogen-bond acceptors (Lipinski definition) is 4. The number of nitrogens with zero attached hydrogens (tertiary/aromatic N) is 2. The molecular formula is C22H29N3O2. The second-order valence-corrected chi connectivity index (χ2v) is 7.81. The van der Waals surface area contributed by atoms with Crippen molar-refractivity contribution in [1.29, 1.82) is 0 Å². The summed E-state index contributed by atoms with van der Waals surface area (Å²) in [6.07, 6.45) is 6.34. The Morgan fingerprint density at radius 1 is 1.07 bits per heavy atom. The summed E-state index contributed by atoms with van der Waals surface area (Å²) in [5, 5.41) is 3.85. The number of piperidine rings is 1. The molecule has 0 spiro atoms. The summed E-state index contributed by atoms with van der Waals surface area (Å²) in [7, 11) is 0. The first-order valence-electron chi connectivity index (χ1n) is 10.1. The summed E-state index contributed by atoms with van der Waals surface area (Å²) in [5.41, 5.74) is 2.05. The summed E-state index contributed by atoms with van der Waals surface area (Å²) in [6.45, 7) is 6.19. The topological polar surface area (TPSA) is 48.7 Å².